The van der Waals surface area contributed by atoms with Crippen LogP contribution < -0.4 is 5.32 Å². The fraction of sp³-hybridized carbons (Fsp3) is 0.571. The van der Waals surface area contributed by atoms with Gasteiger partial charge in [-0.15, -0.1) is 0 Å². The van der Waals surface area contributed by atoms with E-state index in [1.54, 1.807) is 6.07 Å². The molecule has 0 spiro atoms. The lowest BCUT2D eigenvalue weighted by atomic mass is 9.95. The van der Waals surface area contributed by atoms with Crippen molar-refractivity contribution in [2.75, 3.05) is 11.9 Å². The van der Waals surface area contributed by atoms with Crippen molar-refractivity contribution in [1.82, 2.24) is 0 Å². The molecule has 0 saturated carbocycles. The van der Waals surface area contributed by atoms with Crippen LogP contribution in [0.25, 0.3) is 0 Å². The average Bonchev–Trinajstić information content (AvgIpc) is 2.29. The smallest absolute Gasteiger partial charge is 0.125 e. The normalized spacial score (nSPS) is 14.4. The number of unbranched alkanes of at least 4 members (excludes halogenated alkanes) is 2. The maximum absolute atomic E-state index is 13.1. The van der Waals surface area contributed by atoms with Crippen molar-refractivity contribution in [3.05, 3.63) is 30.1 Å². The molecule has 0 amide bonds. The van der Waals surface area contributed by atoms with Crippen LogP contribution in [0.4, 0.5) is 10.1 Å². The number of aliphatic hydroxyl groups excluding tert-OH is 1. The van der Waals surface area contributed by atoms with E-state index in [0.717, 1.165) is 31.4 Å². The molecular formula is C14H22FNO. The molecule has 0 aliphatic carbocycles. The van der Waals surface area contributed by atoms with E-state index in [1.807, 2.05) is 13.0 Å². The van der Waals surface area contributed by atoms with Gasteiger partial charge in [0.05, 0.1) is 12.1 Å². The largest absolute Gasteiger partial charge is 0.394 e. The van der Waals surface area contributed by atoms with Crippen molar-refractivity contribution in [2.24, 2.45) is 0 Å². The van der Waals surface area contributed by atoms with Crippen LogP contribution in [-0.4, -0.2) is 17.3 Å². The monoisotopic (exact) mass is 239 g/mol. The van der Waals surface area contributed by atoms with E-state index in [2.05, 4.69) is 12.2 Å². The highest BCUT2D eigenvalue weighted by atomic mass is 19.1. The molecule has 0 aliphatic rings. The molecule has 1 aromatic carbocycles. The topological polar surface area (TPSA) is 32.3 Å². The number of anilines is 1. The van der Waals surface area contributed by atoms with E-state index >= 15 is 0 Å². The summed E-state index contributed by atoms with van der Waals surface area (Å²) in [7, 11) is 0. The maximum atomic E-state index is 13.1. The van der Waals surface area contributed by atoms with Gasteiger partial charge in [-0.1, -0.05) is 32.3 Å². The molecule has 17 heavy (non-hydrogen) atoms. The zero-order chi connectivity index (χ0) is 12.7. The average molecular weight is 239 g/mol. The minimum atomic E-state index is -0.372. The maximum Gasteiger partial charge on any atom is 0.125 e. The predicted octanol–water partition coefficient (Wildman–Crippen LogP) is 3.57. The first-order valence-electron chi connectivity index (χ1n) is 6.24. The molecular weight excluding hydrogens is 217 g/mol. The third kappa shape index (κ3) is 4.73. The van der Waals surface area contributed by atoms with Crippen molar-refractivity contribution >= 4 is 5.69 Å². The van der Waals surface area contributed by atoms with Gasteiger partial charge in [-0.3, -0.25) is 0 Å². The van der Waals surface area contributed by atoms with Gasteiger partial charge in [0.15, 0.2) is 0 Å². The summed E-state index contributed by atoms with van der Waals surface area (Å²) in [6.45, 7) is 4.16. The summed E-state index contributed by atoms with van der Waals surface area (Å²) in [5, 5.41) is 12.7. The van der Waals surface area contributed by atoms with Gasteiger partial charge >= 0.3 is 0 Å². The Hall–Kier alpha value is -1.09. The van der Waals surface area contributed by atoms with E-state index < -0.39 is 0 Å². The van der Waals surface area contributed by atoms with Crippen LogP contribution >= 0.6 is 0 Å². The Morgan fingerprint density at radius 1 is 1.35 bits per heavy atom. The fourth-order valence-electron chi connectivity index (χ4n) is 1.86. The van der Waals surface area contributed by atoms with Crippen LogP contribution in [0.3, 0.4) is 0 Å². The molecule has 0 heterocycles. The van der Waals surface area contributed by atoms with E-state index in [4.69, 9.17) is 0 Å². The van der Waals surface area contributed by atoms with Crippen molar-refractivity contribution in [3.63, 3.8) is 0 Å². The Labute approximate surface area is 103 Å². The summed E-state index contributed by atoms with van der Waals surface area (Å²) >= 11 is 0. The first-order chi connectivity index (χ1) is 8.09. The van der Waals surface area contributed by atoms with Crippen LogP contribution in [0.1, 0.15) is 39.5 Å². The zero-order valence-corrected chi connectivity index (χ0v) is 10.7. The first kappa shape index (κ1) is 14.0. The highest BCUT2D eigenvalue weighted by Gasteiger charge is 2.22. The highest BCUT2D eigenvalue weighted by molar-refractivity contribution is 5.45. The molecule has 1 atom stereocenters. The molecule has 1 aromatic rings. The summed E-state index contributed by atoms with van der Waals surface area (Å²) in [6.07, 6.45) is 4.26. The Morgan fingerprint density at radius 2 is 2.12 bits per heavy atom. The molecule has 2 nitrogen and oxygen atoms in total. The van der Waals surface area contributed by atoms with Crippen LogP contribution in [0, 0.1) is 5.82 Å². The quantitative estimate of drug-likeness (QED) is 0.713. The van der Waals surface area contributed by atoms with Gasteiger partial charge in [0.25, 0.3) is 0 Å². The second-order valence-electron chi connectivity index (χ2n) is 4.81. The van der Waals surface area contributed by atoms with Crippen molar-refractivity contribution in [3.8, 4) is 0 Å². The minimum Gasteiger partial charge on any atom is -0.394 e. The summed E-state index contributed by atoms with van der Waals surface area (Å²) in [4.78, 5) is 0. The number of aliphatic hydroxyl groups is 1. The summed E-state index contributed by atoms with van der Waals surface area (Å²) in [5.41, 5.74) is 0.348. The van der Waals surface area contributed by atoms with Crippen molar-refractivity contribution in [2.45, 2.75) is 45.1 Å². The second kappa shape index (κ2) is 6.60. The molecule has 1 rings (SSSR count). The van der Waals surface area contributed by atoms with E-state index in [-0.39, 0.29) is 18.0 Å². The van der Waals surface area contributed by atoms with Crippen LogP contribution in [0.5, 0.6) is 0 Å². The van der Waals surface area contributed by atoms with Gasteiger partial charge in [-0.25, -0.2) is 4.39 Å². The van der Waals surface area contributed by atoms with E-state index in [9.17, 15) is 9.50 Å². The molecule has 0 fully saturated rings. The van der Waals surface area contributed by atoms with Crippen molar-refractivity contribution < 1.29 is 9.50 Å². The Balaban J connectivity index is 2.61. The molecule has 3 heteroatoms. The summed E-state index contributed by atoms with van der Waals surface area (Å²) < 4.78 is 13.1. The van der Waals surface area contributed by atoms with Crippen LogP contribution in [-0.2, 0) is 0 Å². The zero-order valence-electron chi connectivity index (χ0n) is 10.7. The standard InChI is InChI=1S/C14H22FNO/c1-3-4-5-9-14(2,11-17)16-13-8-6-7-12(15)10-13/h6-8,10,16-17H,3-5,9,11H2,1-2H3. The fourth-order valence-corrected chi connectivity index (χ4v) is 1.86. The Bertz CT molecular complexity index is 343. The Kier molecular flexibility index (Phi) is 5.42. The Morgan fingerprint density at radius 3 is 2.71 bits per heavy atom. The minimum absolute atomic E-state index is 0.0488. The molecule has 96 valence electrons. The third-order valence-corrected chi connectivity index (χ3v) is 2.95. The predicted molar refractivity (Wildman–Crippen MR) is 69.7 cm³/mol. The molecule has 0 radical (unpaired) electrons. The molecule has 2 N–H and O–H groups in total. The number of halogens is 1. The molecule has 0 aliphatic heterocycles. The van der Waals surface area contributed by atoms with Crippen LogP contribution in [0.15, 0.2) is 24.3 Å². The second-order valence-corrected chi connectivity index (χ2v) is 4.81. The summed E-state index contributed by atoms with van der Waals surface area (Å²) in [6, 6.07) is 6.35. The lowest BCUT2D eigenvalue weighted by molar-refractivity contribution is 0.211. The number of hydrogen-bond acceptors (Lipinski definition) is 2. The lowest BCUT2D eigenvalue weighted by Crippen LogP contribution is -2.38. The van der Waals surface area contributed by atoms with Gasteiger partial charge in [-0.2, -0.15) is 0 Å². The van der Waals surface area contributed by atoms with Gasteiger partial charge < -0.3 is 10.4 Å². The highest BCUT2D eigenvalue weighted by Crippen LogP contribution is 2.21. The van der Waals surface area contributed by atoms with Gasteiger partial charge in [0.2, 0.25) is 0 Å². The lowest BCUT2D eigenvalue weighted by Gasteiger charge is -2.30. The number of hydrogen-bond donors (Lipinski definition) is 2. The molecule has 0 bridgehead atoms. The molecule has 0 aromatic heterocycles. The molecule has 0 saturated heterocycles. The number of nitrogens with one attached hydrogen (secondary N) is 1. The van der Waals surface area contributed by atoms with Crippen molar-refractivity contribution in [1.29, 1.82) is 0 Å². The molecule has 1 unspecified atom stereocenters. The number of rotatable bonds is 7. The summed E-state index contributed by atoms with van der Waals surface area (Å²) in [5.74, 6) is -0.260. The van der Waals surface area contributed by atoms with E-state index in [1.165, 1.54) is 12.1 Å². The number of benzene rings is 1. The van der Waals surface area contributed by atoms with Crippen LogP contribution in [0.2, 0.25) is 0 Å². The van der Waals surface area contributed by atoms with Gasteiger partial charge in [0.1, 0.15) is 5.82 Å². The first-order valence-corrected chi connectivity index (χ1v) is 6.24. The SMILES string of the molecule is CCCCCC(C)(CO)Nc1cccc(F)c1. The third-order valence-electron chi connectivity index (χ3n) is 2.95. The van der Waals surface area contributed by atoms with Gasteiger partial charge in [-0.05, 0) is 31.5 Å². The van der Waals surface area contributed by atoms with Gasteiger partial charge in [0, 0.05) is 5.69 Å². The van der Waals surface area contributed by atoms with E-state index in [0.29, 0.717) is 0 Å².